The van der Waals surface area contributed by atoms with Crippen LogP contribution < -0.4 is 10.8 Å². The molecule has 0 saturated heterocycles. The van der Waals surface area contributed by atoms with Crippen LogP contribution >= 0.6 is 15.9 Å². The number of anilines is 2. The van der Waals surface area contributed by atoms with Gasteiger partial charge in [-0.05, 0) is 108 Å². The monoisotopic (exact) mass is 936 g/mol. The van der Waals surface area contributed by atoms with Crippen LogP contribution in [0.15, 0.2) is 171 Å². The Morgan fingerprint density at radius 1 is 0.646 bits per heavy atom. The summed E-state index contributed by atoms with van der Waals surface area (Å²) in [4.78, 5) is 32.2. The van der Waals surface area contributed by atoms with E-state index in [-0.39, 0.29) is 40.8 Å². The van der Waals surface area contributed by atoms with E-state index in [1.807, 2.05) is 61.5 Å². The molecule has 0 aliphatic heterocycles. The highest BCUT2D eigenvalue weighted by atomic mass is 79.9. The zero-order valence-corrected chi connectivity index (χ0v) is 36.1. The minimum absolute atomic E-state index is 0.0300. The van der Waals surface area contributed by atoms with E-state index in [0.717, 1.165) is 28.8 Å². The molecule has 0 fully saturated rings. The Labute approximate surface area is 378 Å². The molecular weight excluding hydrogens is 901 g/mol. The van der Waals surface area contributed by atoms with Gasteiger partial charge in [0.15, 0.2) is 11.5 Å². The summed E-state index contributed by atoms with van der Waals surface area (Å²) in [6.07, 6.45) is -4.62. The summed E-state index contributed by atoms with van der Waals surface area (Å²) in [5.74, 6) is -1.70. The highest BCUT2D eigenvalue weighted by molar-refractivity contribution is 9.10. The van der Waals surface area contributed by atoms with Gasteiger partial charge < -0.3 is 15.5 Å². The fraction of sp³-hybridized carbons (Fsp3) is 0.0800. The number of fused-ring (bicyclic) bond motifs is 2. The predicted octanol–water partition coefficient (Wildman–Crippen LogP) is 15.0. The maximum absolute atomic E-state index is 13.3. The highest BCUT2D eigenvalue weighted by Gasteiger charge is 2.31. The summed E-state index contributed by atoms with van der Waals surface area (Å²) in [5.41, 5.74) is 6.48. The third-order valence-electron chi connectivity index (χ3n) is 10.4. The summed E-state index contributed by atoms with van der Waals surface area (Å²) in [6, 6.07) is 39.5. The van der Waals surface area contributed by atoms with Crippen molar-refractivity contribution >= 4 is 83.3 Å². The van der Waals surface area contributed by atoms with Crippen LogP contribution in [-0.4, -0.2) is 21.9 Å². The number of ketones is 1. The summed E-state index contributed by atoms with van der Waals surface area (Å²) >= 11 is 3.61. The molecule has 11 nitrogen and oxygen atoms in total. The number of nitrogens with zero attached hydrogens (tertiary/aromatic N) is 4. The van der Waals surface area contributed by atoms with Crippen molar-refractivity contribution in [3.05, 3.63) is 178 Å². The average Bonchev–Trinajstić information content (AvgIpc) is 3.28. The van der Waals surface area contributed by atoms with Crippen molar-refractivity contribution in [2.45, 2.75) is 26.6 Å². The Morgan fingerprint density at radius 3 is 1.92 bits per heavy atom. The third kappa shape index (κ3) is 9.76. The van der Waals surface area contributed by atoms with Crippen LogP contribution in [-0.2, 0) is 17.6 Å². The largest absolute Gasteiger partial charge is 0.505 e. The molecule has 4 N–H and O–H groups in total. The third-order valence-corrected chi connectivity index (χ3v) is 11.0. The van der Waals surface area contributed by atoms with Crippen molar-refractivity contribution in [3.8, 4) is 22.6 Å². The number of hydrogen-bond acceptors (Lipinski definition) is 10. The number of azo groups is 2. The van der Waals surface area contributed by atoms with Crippen molar-refractivity contribution in [1.82, 2.24) is 0 Å². The van der Waals surface area contributed by atoms with Crippen LogP contribution in [0.1, 0.15) is 44.3 Å². The van der Waals surface area contributed by atoms with Crippen LogP contribution in [0.3, 0.4) is 0 Å². The zero-order chi connectivity index (χ0) is 45.8. The molecule has 0 aliphatic rings. The second-order valence-corrected chi connectivity index (χ2v) is 15.8. The Morgan fingerprint density at radius 2 is 1.26 bits per heavy atom. The molecule has 0 aromatic heterocycles. The lowest BCUT2D eigenvalue weighted by Gasteiger charge is -2.13. The Hall–Kier alpha value is -7.75. The van der Waals surface area contributed by atoms with E-state index in [9.17, 15) is 33.0 Å². The van der Waals surface area contributed by atoms with E-state index in [4.69, 9.17) is 4.84 Å². The number of carbonyl (C=O) groups is 2. The van der Waals surface area contributed by atoms with Crippen LogP contribution in [0.5, 0.6) is 11.5 Å². The SMILES string of the molecule is CC(=O)c1cc(N=Nc2c(O)c(CONc3cccc(C)c3)cc3ccccc23)ccc1-c1ccc(N=Nc2c(O)c(C(=O)Nc3cccc(C(F)(F)F)c3)cc3ccccc23)cc1Br. The number of hydrogen-bond donors (Lipinski definition) is 4. The molecule has 0 radical (unpaired) electrons. The van der Waals surface area contributed by atoms with Crippen molar-refractivity contribution in [2.24, 2.45) is 20.5 Å². The lowest BCUT2D eigenvalue weighted by molar-refractivity contribution is -0.137. The van der Waals surface area contributed by atoms with E-state index in [1.54, 1.807) is 60.7 Å². The summed E-state index contributed by atoms with van der Waals surface area (Å²) < 4.78 is 40.5. The van der Waals surface area contributed by atoms with Gasteiger partial charge in [0.1, 0.15) is 23.7 Å². The van der Waals surface area contributed by atoms with Gasteiger partial charge in [0.05, 0.1) is 28.2 Å². The first kappa shape index (κ1) is 43.9. The molecule has 0 aliphatic carbocycles. The molecular formula is C50H36BrF3N6O5. The lowest BCUT2D eigenvalue weighted by atomic mass is 9.96. The van der Waals surface area contributed by atoms with E-state index < -0.39 is 23.4 Å². The second kappa shape index (κ2) is 18.5. The summed E-state index contributed by atoms with van der Waals surface area (Å²) in [5, 5.41) is 45.2. The second-order valence-electron chi connectivity index (χ2n) is 14.9. The van der Waals surface area contributed by atoms with E-state index in [2.05, 4.69) is 47.2 Å². The van der Waals surface area contributed by atoms with E-state index in [0.29, 0.717) is 54.3 Å². The minimum Gasteiger partial charge on any atom is -0.505 e. The number of Topliss-reactive ketones (excluding diaryl/α,β-unsaturated/α-hetero) is 1. The molecule has 8 rings (SSSR count). The van der Waals surface area contributed by atoms with Crippen LogP contribution in [0.4, 0.5) is 47.3 Å². The molecule has 8 aromatic rings. The van der Waals surface area contributed by atoms with Gasteiger partial charge in [0.25, 0.3) is 5.91 Å². The molecule has 0 heterocycles. The van der Waals surface area contributed by atoms with Gasteiger partial charge in [0.2, 0.25) is 0 Å². The Kier molecular flexibility index (Phi) is 12.5. The van der Waals surface area contributed by atoms with Gasteiger partial charge in [-0.2, -0.15) is 23.4 Å². The van der Waals surface area contributed by atoms with Crippen molar-refractivity contribution < 1.29 is 37.8 Å². The number of aromatic hydroxyl groups is 2. The number of phenols is 2. The van der Waals surface area contributed by atoms with Crippen molar-refractivity contribution in [1.29, 1.82) is 0 Å². The van der Waals surface area contributed by atoms with Crippen LogP contribution in [0.2, 0.25) is 0 Å². The maximum atomic E-state index is 13.3. The number of nitrogens with one attached hydrogen (secondary N) is 2. The van der Waals surface area contributed by atoms with Crippen molar-refractivity contribution in [3.63, 3.8) is 0 Å². The number of amides is 1. The first-order chi connectivity index (χ1) is 31.2. The number of rotatable bonds is 12. The number of benzene rings is 8. The molecule has 0 spiro atoms. The van der Waals surface area contributed by atoms with Crippen LogP contribution in [0, 0.1) is 6.92 Å². The number of halogens is 4. The number of phenolic OH excluding ortho intramolecular Hbond substituents is 2. The molecule has 8 aromatic carbocycles. The number of alkyl halides is 3. The van der Waals surface area contributed by atoms with Gasteiger partial charge >= 0.3 is 6.18 Å². The zero-order valence-electron chi connectivity index (χ0n) is 34.5. The summed E-state index contributed by atoms with van der Waals surface area (Å²) in [6.45, 7) is 3.45. The van der Waals surface area contributed by atoms with Crippen LogP contribution in [0.25, 0.3) is 32.7 Å². The normalized spacial score (nSPS) is 11.8. The Bertz CT molecular complexity index is 3230. The van der Waals surface area contributed by atoms with E-state index >= 15 is 0 Å². The van der Waals surface area contributed by atoms with Crippen molar-refractivity contribution in [2.75, 3.05) is 10.8 Å². The van der Waals surface area contributed by atoms with Gasteiger partial charge in [-0.25, -0.2) is 0 Å². The Balaban J connectivity index is 1.05. The molecule has 0 saturated carbocycles. The highest BCUT2D eigenvalue weighted by Crippen LogP contribution is 2.43. The van der Waals surface area contributed by atoms with Gasteiger partial charge in [-0.1, -0.05) is 94.8 Å². The van der Waals surface area contributed by atoms with Gasteiger partial charge in [-0.15, -0.1) is 10.2 Å². The predicted molar refractivity (Wildman–Crippen MR) is 248 cm³/mol. The van der Waals surface area contributed by atoms with E-state index in [1.165, 1.54) is 25.1 Å². The number of aryl methyl sites for hydroxylation is 1. The fourth-order valence-electron chi connectivity index (χ4n) is 7.18. The maximum Gasteiger partial charge on any atom is 0.416 e. The standard InChI is InChI=1S/C50H36BrF3N6O5/c1-28-9-7-14-37(21-28)60-65-27-32-22-30-10-3-5-15-38(30)45(47(32)62)58-56-35-17-19-40(42(25-35)29(2)61)41-20-18-36(26-44(41)51)57-59-46-39-16-6-4-11-31(39)23-43(48(46)63)49(64)55-34-13-8-12-33(24-34)50(52,53)54/h3-26,60,62-63H,27H2,1-2H3,(H,55,64). The first-order valence-electron chi connectivity index (χ1n) is 19.9. The molecule has 0 atom stereocenters. The molecule has 65 heavy (non-hydrogen) atoms. The van der Waals surface area contributed by atoms with Gasteiger partial charge in [0, 0.05) is 32.1 Å². The lowest BCUT2D eigenvalue weighted by Crippen LogP contribution is -2.13. The quantitative estimate of drug-likeness (QED) is 0.0543. The fourth-order valence-corrected chi connectivity index (χ4v) is 7.76. The van der Waals surface area contributed by atoms with Gasteiger partial charge in [-0.3, -0.25) is 19.9 Å². The summed E-state index contributed by atoms with van der Waals surface area (Å²) in [7, 11) is 0. The topological polar surface area (TPSA) is 157 Å². The number of carbonyl (C=O) groups excluding carboxylic acids is 2. The molecule has 1 amide bonds. The molecule has 324 valence electrons. The molecule has 0 bridgehead atoms. The minimum atomic E-state index is -4.62. The smallest absolute Gasteiger partial charge is 0.416 e. The molecule has 0 unspecified atom stereocenters. The molecule has 15 heteroatoms. The average molecular weight is 938 g/mol. The first-order valence-corrected chi connectivity index (χ1v) is 20.7.